The molecule has 262 valence electrons. The maximum absolute atomic E-state index is 14.8. The number of rotatable bonds is 14. The number of ether oxygens (including phenoxy) is 1. The number of thioether (sulfide) groups is 1. The minimum atomic E-state index is -0.547. The number of nitrogens with zero attached hydrogens (tertiary/aromatic N) is 1. The van der Waals surface area contributed by atoms with Crippen molar-refractivity contribution in [3.8, 4) is 0 Å². The molecule has 5 aromatic rings. The fraction of sp³-hybridized carbons (Fsp3) is 0.298. The topological polar surface area (TPSA) is 29.5 Å². The summed E-state index contributed by atoms with van der Waals surface area (Å²) in [7, 11) is 0. The number of esters is 1. The van der Waals surface area contributed by atoms with Gasteiger partial charge in [-0.25, -0.2) is 4.79 Å². The number of aryl methyl sites for hydroxylation is 1. The number of anilines is 1. The van der Waals surface area contributed by atoms with Gasteiger partial charge in [0, 0.05) is 40.9 Å². The Morgan fingerprint density at radius 1 is 0.706 bits per heavy atom. The minimum Gasteiger partial charge on any atom is -0.455 e. The first-order valence-electron chi connectivity index (χ1n) is 18.4. The van der Waals surface area contributed by atoms with E-state index in [4.69, 9.17) is 4.74 Å². The first kappa shape index (κ1) is 36.3. The second kappa shape index (κ2) is 16.7. The van der Waals surface area contributed by atoms with Crippen LogP contribution in [0.5, 0.6) is 0 Å². The lowest BCUT2D eigenvalue weighted by atomic mass is 9.70. The number of benzene rings is 5. The quantitative estimate of drug-likeness (QED) is 0.108. The van der Waals surface area contributed by atoms with Crippen molar-refractivity contribution in [3.05, 3.63) is 178 Å². The molecule has 0 saturated carbocycles. The van der Waals surface area contributed by atoms with Crippen molar-refractivity contribution in [2.24, 2.45) is 5.41 Å². The molecule has 5 aromatic carbocycles. The number of hydrogen-bond acceptors (Lipinski definition) is 4. The van der Waals surface area contributed by atoms with E-state index in [9.17, 15) is 4.79 Å². The normalized spacial score (nSPS) is 16.8. The molecule has 51 heavy (non-hydrogen) atoms. The summed E-state index contributed by atoms with van der Waals surface area (Å²) < 4.78 is 6.73. The molecule has 0 amide bonds. The molecule has 0 unspecified atom stereocenters. The molecule has 4 heteroatoms. The number of carbonyl (C=O) groups is 1. The van der Waals surface area contributed by atoms with Gasteiger partial charge in [0.25, 0.3) is 0 Å². The van der Waals surface area contributed by atoms with Crippen molar-refractivity contribution in [1.29, 1.82) is 0 Å². The van der Waals surface area contributed by atoms with Crippen LogP contribution in [0.3, 0.4) is 0 Å². The van der Waals surface area contributed by atoms with Crippen molar-refractivity contribution in [2.75, 3.05) is 4.90 Å². The lowest BCUT2D eigenvalue weighted by molar-refractivity contribution is -0.159. The summed E-state index contributed by atoms with van der Waals surface area (Å²) in [5.74, 6) is -0.336. The van der Waals surface area contributed by atoms with Crippen LogP contribution in [-0.4, -0.2) is 11.6 Å². The molecule has 0 saturated heterocycles. The van der Waals surface area contributed by atoms with E-state index in [0.717, 1.165) is 65.4 Å². The van der Waals surface area contributed by atoms with Crippen LogP contribution in [0.1, 0.15) is 81.5 Å². The second-order valence-corrected chi connectivity index (χ2v) is 16.1. The van der Waals surface area contributed by atoms with Gasteiger partial charge in [0.05, 0.1) is 5.57 Å². The fourth-order valence-electron chi connectivity index (χ4n) is 7.51. The number of hydrogen-bond donors (Lipinski definition) is 0. The highest BCUT2D eigenvalue weighted by Crippen LogP contribution is 2.52. The van der Waals surface area contributed by atoms with Crippen molar-refractivity contribution in [2.45, 2.75) is 89.3 Å². The fourth-order valence-corrected chi connectivity index (χ4v) is 8.74. The highest BCUT2D eigenvalue weighted by Gasteiger charge is 2.46. The van der Waals surface area contributed by atoms with Gasteiger partial charge < -0.3 is 9.64 Å². The van der Waals surface area contributed by atoms with Gasteiger partial charge in [-0.15, -0.1) is 0 Å². The molecule has 2 atom stereocenters. The third-order valence-corrected chi connectivity index (χ3v) is 11.0. The molecule has 1 aliphatic heterocycles. The van der Waals surface area contributed by atoms with Crippen molar-refractivity contribution >= 4 is 23.4 Å². The molecule has 0 bridgehead atoms. The van der Waals surface area contributed by atoms with E-state index >= 15 is 0 Å². The molecule has 6 rings (SSSR count). The van der Waals surface area contributed by atoms with Gasteiger partial charge >= 0.3 is 5.97 Å². The van der Waals surface area contributed by atoms with Gasteiger partial charge in [0.15, 0.2) is 0 Å². The molecular formula is C47H51NO2S. The summed E-state index contributed by atoms with van der Waals surface area (Å²) >= 11 is 1.75. The molecule has 3 nitrogen and oxygen atoms in total. The lowest BCUT2D eigenvalue weighted by Gasteiger charge is -2.43. The average Bonchev–Trinajstić information content (AvgIpc) is 3.13. The Morgan fingerprint density at radius 2 is 1.25 bits per heavy atom. The molecule has 0 radical (unpaired) electrons. The van der Waals surface area contributed by atoms with Gasteiger partial charge in [-0.05, 0) is 71.2 Å². The van der Waals surface area contributed by atoms with E-state index in [-0.39, 0.29) is 17.3 Å². The molecule has 1 aliphatic rings. The van der Waals surface area contributed by atoms with E-state index in [0.29, 0.717) is 6.42 Å². The molecule has 0 spiro atoms. The van der Waals surface area contributed by atoms with Gasteiger partial charge in [0.2, 0.25) is 0 Å². The summed E-state index contributed by atoms with van der Waals surface area (Å²) in [5, 5.41) is 0. The Balaban J connectivity index is 1.43. The Labute approximate surface area is 309 Å². The van der Waals surface area contributed by atoms with Gasteiger partial charge in [-0.1, -0.05) is 167 Å². The minimum absolute atomic E-state index is 0.166. The summed E-state index contributed by atoms with van der Waals surface area (Å²) in [6.45, 7) is 10.5. The van der Waals surface area contributed by atoms with Crippen LogP contribution in [-0.2, 0) is 29.0 Å². The second-order valence-electron chi connectivity index (χ2n) is 15.0. The zero-order valence-corrected chi connectivity index (χ0v) is 31.4. The summed E-state index contributed by atoms with van der Waals surface area (Å²) in [6, 6.07) is 51.3. The zero-order valence-electron chi connectivity index (χ0n) is 30.6. The maximum atomic E-state index is 14.8. The number of carbonyl (C=O) groups excluding carboxylic acids is 1. The van der Waals surface area contributed by atoms with Crippen LogP contribution in [0.15, 0.2) is 161 Å². The van der Waals surface area contributed by atoms with Gasteiger partial charge in [0.1, 0.15) is 5.60 Å². The molecule has 0 aromatic heterocycles. The first-order chi connectivity index (χ1) is 24.7. The van der Waals surface area contributed by atoms with E-state index < -0.39 is 5.60 Å². The third-order valence-electron chi connectivity index (χ3n) is 9.87. The summed E-state index contributed by atoms with van der Waals surface area (Å²) in [6.07, 6.45) is 4.17. The predicted molar refractivity (Wildman–Crippen MR) is 214 cm³/mol. The Hall–Kier alpha value is -4.54. The van der Waals surface area contributed by atoms with Crippen molar-refractivity contribution in [1.82, 2.24) is 0 Å². The van der Waals surface area contributed by atoms with E-state index in [1.807, 2.05) is 0 Å². The maximum Gasteiger partial charge on any atom is 0.336 e. The lowest BCUT2D eigenvalue weighted by Crippen LogP contribution is -2.42. The standard InChI is InChI=1S/C47H51NO2S/c1-5-30-47(31-29-36-19-10-6-11-20-36)33-42(51-41-27-16-9-17-28-41)43(45(49)50-47)44(46(2,3)4)39-25-18-26-40(32-39)48(34-37-21-12-7-13-22-37)35-38-23-14-8-15-24-38/h6-28,32,44H,5,29-31,33-35H2,1-4H3/t44-,47+/m0/s1. The smallest absolute Gasteiger partial charge is 0.336 e. The Kier molecular flexibility index (Phi) is 11.8. The van der Waals surface area contributed by atoms with Crippen molar-refractivity contribution < 1.29 is 9.53 Å². The van der Waals surface area contributed by atoms with Crippen LogP contribution in [0.2, 0.25) is 0 Å². The highest BCUT2D eigenvalue weighted by atomic mass is 32.2. The van der Waals surface area contributed by atoms with Crippen LogP contribution in [0, 0.1) is 5.41 Å². The SMILES string of the molecule is CCC[C@@]1(CCc2ccccc2)CC(Sc2ccccc2)=C([C@H](c2cccc(N(Cc3ccccc3)Cc3ccccc3)c2)C(C)(C)C)C(=O)O1. The molecule has 0 N–H and O–H groups in total. The molecule has 0 fully saturated rings. The van der Waals surface area contributed by atoms with Crippen molar-refractivity contribution in [3.63, 3.8) is 0 Å². The van der Waals surface area contributed by atoms with Gasteiger partial charge in [-0.2, -0.15) is 0 Å². The summed E-state index contributed by atoms with van der Waals surface area (Å²) in [5.41, 5.74) is 6.07. The first-order valence-corrected chi connectivity index (χ1v) is 19.2. The largest absolute Gasteiger partial charge is 0.455 e. The van der Waals surface area contributed by atoms with Crippen LogP contribution in [0.25, 0.3) is 0 Å². The Morgan fingerprint density at radius 3 is 1.80 bits per heavy atom. The van der Waals surface area contributed by atoms with E-state index in [2.05, 4.69) is 178 Å². The summed E-state index contributed by atoms with van der Waals surface area (Å²) in [4.78, 5) is 19.5. The predicted octanol–water partition coefficient (Wildman–Crippen LogP) is 12.2. The highest BCUT2D eigenvalue weighted by molar-refractivity contribution is 8.03. The molecule has 0 aliphatic carbocycles. The molecular weight excluding hydrogens is 643 g/mol. The third kappa shape index (κ3) is 9.42. The van der Waals surface area contributed by atoms with Crippen LogP contribution < -0.4 is 4.90 Å². The average molecular weight is 694 g/mol. The monoisotopic (exact) mass is 693 g/mol. The number of cyclic esters (lactones) is 1. The molecule has 1 heterocycles. The van der Waals surface area contributed by atoms with Crippen LogP contribution in [0.4, 0.5) is 5.69 Å². The van der Waals surface area contributed by atoms with E-state index in [1.165, 1.54) is 16.7 Å². The van der Waals surface area contributed by atoms with Crippen LogP contribution >= 0.6 is 11.8 Å². The Bertz CT molecular complexity index is 1840. The van der Waals surface area contributed by atoms with Gasteiger partial charge in [-0.3, -0.25) is 0 Å². The van der Waals surface area contributed by atoms with E-state index in [1.54, 1.807) is 11.8 Å². The zero-order chi connectivity index (χ0) is 35.7.